The van der Waals surface area contributed by atoms with Crippen molar-refractivity contribution in [2.24, 2.45) is 5.92 Å². The van der Waals surface area contributed by atoms with Gasteiger partial charge in [0.05, 0.1) is 0 Å². The zero-order valence-corrected chi connectivity index (χ0v) is 12.1. The van der Waals surface area contributed by atoms with Crippen molar-refractivity contribution in [3.8, 4) is 0 Å². The Balaban J connectivity index is 2.61. The standard InChI is InChI=1S/C16H21NO3/c1-11(2)10-14(16(19)20)17-15(18)9-8-13-6-4-12(3)5-7-13/h4-9,11,14H,10H2,1-3H3,(H,17,18)(H,19,20)/t14-/m1/s1. The van der Waals surface area contributed by atoms with E-state index >= 15 is 0 Å². The molecule has 1 rings (SSSR count). The van der Waals surface area contributed by atoms with Gasteiger partial charge in [-0.3, -0.25) is 4.79 Å². The summed E-state index contributed by atoms with van der Waals surface area (Å²) in [5.41, 5.74) is 2.05. The van der Waals surface area contributed by atoms with Crippen LogP contribution in [0.1, 0.15) is 31.4 Å². The molecular formula is C16H21NO3. The minimum Gasteiger partial charge on any atom is -0.480 e. The largest absolute Gasteiger partial charge is 0.480 e. The Morgan fingerprint density at radius 1 is 1.25 bits per heavy atom. The van der Waals surface area contributed by atoms with Gasteiger partial charge in [0.15, 0.2) is 0 Å². The van der Waals surface area contributed by atoms with E-state index in [2.05, 4.69) is 5.32 Å². The highest BCUT2D eigenvalue weighted by molar-refractivity contribution is 5.94. The molecule has 4 nitrogen and oxygen atoms in total. The van der Waals surface area contributed by atoms with Crippen molar-refractivity contribution < 1.29 is 14.7 Å². The molecule has 0 aliphatic heterocycles. The summed E-state index contributed by atoms with van der Waals surface area (Å²) in [5.74, 6) is -1.19. The predicted octanol–water partition coefficient (Wildman–Crippen LogP) is 2.62. The topological polar surface area (TPSA) is 66.4 Å². The lowest BCUT2D eigenvalue weighted by Crippen LogP contribution is -2.40. The van der Waals surface area contributed by atoms with E-state index in [0.717, 1.165) is 11.1 Å². The van der Waals surface area contributed by atoms with Crippen molar-refractivity contribution >= 4 is 18.0 Å². The molecular weight excluding hydrogens is 254 g/mol. The normalized spacial score (nSPS) is 12.6. The fraction of sp³-hybridized carbons (Fsp3) is 0.375. The van der Waals surface area contributed by atoms with Crippen molar-refractivity contribution in [2.45, 2.75) is 33.2 Å². The van der Waals surface area contributed by atoms with Crippen LogP contribution in [0.15, 0.2) is 30.3 Å². The number of carboxylic acids is 1. The predicted molar refractivity (Wildman–Crippen MR) is 79.2 cm³/mol. The van der Waals surface area contributed by atoms with Gasteiger partial charge in [-0.25, -0.2) is 4.79 Å². The van der Waals surface area contributed by atoms with Crippen LogP contribution in [-0.4, -0.2) is 23.0 Å². The molecule has 0 radical (unpaired) electrons. The van der Waals surface area contributed by atoms with E-state index < -0.39 is 17.9 Å². The third kappa shape index (κ3) is 5.69. The lowest BCUT2D eigenvalue weighted by molar-refractivity contribution is -0.141. The first-order chi connectivity index (χ1) is 9.38. The Morgan fingerprint density at radius 3 is 2.35 bits per heavy atom. The maximum absolute atomic E-state index is 11.7. The first-order valence-corrected chi connectivity index (χ1v) is 6.66. The van der Waals surface area contributed by atoms with Gasteiger partial charge in [-0.15, -0.1) is 0 Å². The van der Waals surface area contributed by atoms with Gasteiger partial charge in [-0.05, 0) is 30.9 Å². The van der Waals surface area contributed by atoms with Gasteiger partial charge in [-0.2, -0.15) is 0 Å². The van der Waals surface area contributed by atoms with Crippen LogP contribution in [0.25, 0.3) is 6.08 Å². The van der Waals surface area contributed by atoms with E-state index in [1.807, 2.05) is 45.0 Å². The van der Waals surface area contributed by atoms with Crippen LogP contribution >= 0.6 is 0 Å². The summed E-state index contributed by atoms with van der Waals surface area (Å²) in [7, 11) is 0. The molecule has 0 aliphatic carbocycles. The molecule has 1 aromatic carbocycles. The molecule has 0 unspecified atom stereocenters. The number of rotatable bonds is 6. The number of carbonyl (C=O) groups is 2. The summed E-state index contributed by atoms with van der Waals surface area (Å²) in [4.78, 5) is 22.8. The second-order valence-corrected chi connectivity index (χ2v) is 5.27. The molecule has 0 spiro atoms. The highest BCUT2D eigenvalue weighted by Crippen LogP contribution is 2.06. The van der Waals surface area contributed by atoms with Gasteiger partial charge in [0.2, 0.25) is 5.91 Å². The first kappa shape index (κ1) is 16.0. The number of amides is 1. The molecule has 4 heteroatoms. The molecule has 108 valence electrons. The lowest BCUT2D eigenvalue weighted by atomic mass is 10.0. The first-order valence-electron chi connectivity index (χ1n) is 6.66. The molecule has 0 bridgehead atoms. The van der Waals surface area contributed by atoms with E-state index in [1.165, 1.54) is 6.08 Å². The maximum atomic E-state index is 11.7. The van der Waals surface area contributed by atoms with Gasteiger partial charge in [0, 0.05) is 6.08 Å². The minimum atomic E-state index is -1.00. The maximum Gasteiger partial charge on any atom is 0.326 e. The molecule has 0 fully saturated rings. The summed E-state index contributed by atoms with van der Waals surface area (Å²) >= 11 is 0. The van der Waals surface area contributed by atoms with Gasteiger partial charge in [-0.1, -0.05) is 43.7 Å². The third-order valence-corrected chi connectivity index (χ3v) is 2.83. The van der Waals surface area contributed by atoms with Gasteiger partial charge in [0.25, 0.3) is 0 Å². The van der Waals surface area contributed by atoms with E-state index in [9.17, 15) is 9.59 Å². The van der Waals surface area contributed by atoms with Crippen molar-refractivity contribution in [3.63, 3.8) is 0 Å². The second-order valence-electron chi connectivity index (χ2n) is 5.27. The number of nitrogens with one attached hydrogen (secondary N) is 1. The van der Waals surface area contributed by atoms with E-state index in [4.69, 9.17) is 5.11 Å². The Kier molecular flexibility index (Phi) is 5.97. The highest BCUT2D eigenvalue weighted by atomic mass is 16.4. The molecule has 20 heavy (non-hydrogen) atoms. The Morgan fingerprint density at radius 2 is 1.85 bits per heavy atom. The molecule has 1 aromatic rings. The smallest absolute Gasteiger partial charge is 0.326 e. The van der Waals surface area contributed by atoms with Gasteiger partial charge >= 0.3 is 5.97 Å². The van der Waals surface area contributed by atoms with Crippen LogP contribution < -0.4 is 5.32 Å². The SMILES string of the molecule is Cc1ccc(C=CC(=O)N[C@H](CC(C)C)C(=O)O)cc1. The van der Waals surface area contributed by atoms with Gasteiger partial charge < -0.3 is 10.4 Å². The summed E-state index contributed by atoms with van der Waals surface area (Å²) in [5, 5.41) is 11.6. The Bertz CT molecular complexity index is 489. The number of aryl methyl sites for hydroxylation is 1. The summed E-state index contributed by atoms with van der Waals surface area (Å²) in [6.45, 7) is 5.83. The average molecular weight is 275 g/mol. The molecule has 0 heterocycles. The number of carbonyl (C=O) groups excluding carboxylic acids is 1. The number of carboxylic acid groups (broad SMARTS) is 1. The van der Waals surface area contributed by atoms with Crippen LogP contribution in [0.4, 0.5) is 0 Å². The monoisotopic (exact) mass is 275 g/mol. The Hall–Kier alpha value is -2.10. The molecule has 0 saturated heterocycles. The van der Waals surface area contributed by atoms with Gasteiger partial charge in [0.1, 0.15) is 6.04 Å². The van der Waals surface area contributed by atoms with Crippen LogP contribution in [0.3, 0.4) is 0 Å². The summed E-state index contributed by atoms with van der Waals surface area (Å²) in [6.07, 6.45) is 3.45. The van der Waals surface area contributed by atoms with Crippen molar-refractivity contribution in [2.75, 3.05) is 0 Å². The fourth-order valence-electron chi connectivity index (χ4n) is 1.76. The second kappa shape index (κ2) is 7.48. The molecule has 0 saturated carbocycles. The molecule has 1 amide bonds. The van der Waals surface area contributed by atoms with Crippen LogP contribution in [0.2, 0.25) is 0 Å². The van der Waals surface area contributed by atoms with Crippen LogP contribution in [-0.2, 0) is 9.59 Å². The minimum absolute atomic E-state index is 0.206. The lowest BCUT2D eigenvalue weighted by Gasteiger charge is -2.15. The number of hydrogen-bond acceptors (Lipinski definition) is 2. The van der Waals surface area contributed by atoms with E-state index in [0.29, 0.717) is 6.42 Å². The third-order valence-electron chi connectivity index (χ3n) is 2.83. The van der Waals surface area contributed by atoms with E-state index in [1.54, 1.807) is 6.08 Å². The molecule has 2 N–H and O–H groups in total. The molecule has 0 aromatic heterocycles. The van der Waals surface area contributed by atoms with Crippen LogP contribution in [0, 0.1) is 12.8 Å². The molecule has 0 aliphatic rings. The van der Waals surface area contributed by atoms with Crippen molar-refractivity contribution in [3.05, 3.63) is 41.5 Å². The fourth-order valence-corrected chi connectivity index (χ4v) is 1.76. The zero-order chi connectivity index (χ0) is 15.1. The molecule has 1 atom stereocenters. The summed E-state index contributed by atoms with van der Waals surface area (Å²) in [6, 6.07) is 6.88. The van der Waals surface area contributed by atoms with Crippen molar-refractivity contribution in [1.29, 1.82) is 0 Å². The van der Waals surface area contributed by atoms with Crippen molar-refractivity contribution in [1.82, 2.24) is 5.32 Å². The van der Waals surface area contributed by atoms with E-state index in [-0.39, 0.29) is 5.92 Å². The highest BCUT2D eigenvalue weighted by Gasteiger charge is 2.19. The number of benzene rings is 1. The number of aliphatic carboxylic acids is 1. The number of hydrogen-bond donors (Lipinski definition) is 2. The van der Waals surface area contributed by atoms with Crippen LogP contribution in [0.5, 0.6) is 0 Å². The average Bonchev–Trinajstić information content (AvgIpc) is 2.36. The Labute approximate surface area is 119 Å². The summed E-state index contributed by atoms with van der Waals surface area (Å²) < 4.78 is 0. The zero-order valence-electron chi connectivity index (χ0n) is 12.1. The quantitative estimate of drug-likeness (QED) is 0.784.